The van der Waals surface area contributed by atoms with Gasteiger partial charge in [-0.1, -0.05) is 0 Å². The Morgan fingerprint density at radius 1 is 1.58 bits per heavy atom. The number of carbonyl (C=O) groups is 1. The van der Waals surface area contributed by atoms with Crippen LogP contribution in [0.1, 0.15) is 41.7 Å². The van der Waals surface area contributed by atoms with Crippen LogP contribution in [0.25, 0.3) is 11.0 Å². The van der Waals surface area contributed by atoms with E-state index in [2.05, 4.69) is 10.1 Å². The number of rotatable bonds is 3. The first kappa shape index (κ1) is 12.0. The van der Waals surface area contributed by atoms with Crippen LogP contribution in [0.2, 0.25) is 0 Å². The third-order valence-corrected chi connectivity index (χ3v) is 3.34. The summed E-state index contributed by atoms with van der Waals surface area (Å²) in [6.45, 7) is 2.03. The summed E-state index contributed by atoms with van der Waals surface area (Å²) in [6.07, 6.45) is 2.19. The summed E-state index contributed by atoms with van der Waals surface area (Å²) in [5, 5.41) is 5.02. The molecule has 0 saturated heterocycles. The second kappa shape index (κ2) is 4.22. The van der Waals surface area contributed by atoms with Crippen LogP contribution in [0.5, 0.6) is 0 Å². The lowest BCUT2D eigenvalue weighted by molar-refractivity contribution is 0.0528. The fraction of sp³-hybridized carbons (Fsp3) is 0.462. The zero-order valence-electron chi connectivity index (χ0n) is 10.9. The molecule has 2 heterocycles. The summed E-state index contributed by atoms with van der Waals surface area (Å²) in [5.74, 6) is -0.0393. The van der Waals surface area contributed by atoms with Gasteiger partial charge in [-0.2, -0.15) is 5.10 Å². The number of esters is 1. The van der Waals surface area contributed by atoms with Gasteiger partial charge in [0.2, 0.25) is 5.56 Å². The second-order valence-electron chi connectivity index (χ2n) is 4.77. The molecule has 3 rings (SSSR count). The first-order valence-electron chi connectivity index (χ1n) is 6.39. The molecule has 19 heavy (non-hydrogen) atoms. The predicted octanol–water partition coefficient (Wildman–Crippen LogP) is 1.32. The molecule has 1 N–H and O–H groups in total. The molecule has 2 aromatic rings. The normalized spacial score (nSPS) is 14.8. The number of carbonyl (C=O) groups excluding carboxylic acids is 1. The third kappa shape index (κ3) is 1.93. The smallest absolute Gasteiger partial charge is 0.339 e. The molecule has 1 aliphatic carbocycles. The van der Waals surface area contributed by atoms with E-state index >= 15 is 0 Å². The minimum atomic E-state index is -0.464. The van der Waals surface area contributed by atoms with Crippen molar-refractivity contribution in [2.75, 3.05) is 6.61 Å². The Bertz CT molecular complexity index is 710. The van der Waals surface area contributed by atoms with Crippen LogP contribution in [-0.2, 0) is 11.8 Å². The van der Waals surface area contributed by atoms with Gasteiger partial charge in [0, 0.05) is 19.0 Å². The molecule has 0 radical (unpaired) electrons. The largest absolute Gasteiger partial charge is 0.462 e. The van der Waals surface area contributed by atoms with Crippen molar-refractivity contribution in [3.8, 4) is 0 Å². The molecule has 0 spiro atoms. The van der Waals surface area contributed by atoms with Crippen LogP contribution >= 0.6 is 0 Å². The zero-order valence-corrected chi connectivity index (χ0v) is 10.9. The molecule has 1 saturated carbocycles. The molecule has 0 aromatic carbocycles. The van der Waals surface area contributed by atoms with Crippen molar-refractivity contribution in [3.63, 3.8) is 0 Å². The summed E-state index contributed by atoms with van der Waals surface area (Å²) in [4.78, 5) is 26.3. The van der Waals surface area contributed by atoms with Gasteiger partial charge in [-0.3, -0.25) is 9.48 Å². The van der Waals surface area contributed by atoms with Crippen molar-refractivity contribution in [2.45, 2.75) is 25.7 Å². The molecule has 0 amide bonds. The summed E-state index contributed by atoms with van der Waals surface area (Å²) < 4.78 is 6.78. The number of nitrogens with zero attached hydrogens (tertiary/aromatic N) is 2. The highest BCUT2D eigenvalue weighted by Gasteiger charge is 2.31. The maximum Gasteiger partial charge on any atom is 0.339 e. The van der Waals surface area contributed by atoms with E-state index in [1.54, 1.807) is 11.6 Å². The first-order chi connectivity index (χ1) is 9.11. The van der Waals surface area contributed by atoms with E-state index in [0.29, 0.717) is 17.1 Å². The van der Waals surface area contributed by atoms with Gasteiger partial charge < -0.3 is 9.72 Å². The van der Waals surface area contributed by atoms with Gasteiger partial charge in [-0.25, -0.2) is 4.79 Å². The monoisotopic (exact) mass is 261 g/mol. The van der Waals surface area contributed by atoms with E-state index in [4.69, 9.17) is 4.74 Å². The van der Waals surface area contributed by atoms with Crippen molar-refractivity contribution in [2.24, 2.45) is 7.05 Å². The fourth-order valence-electron chi connectivity index (χ4n) is 2.44. The van der Waals surface area contributed by atoms with Crippen LogP contribution in [0, 0.1) is 0 Å². The van der Waals surface area contributed by atoms with Crippen molar-refractivity contribution in [1.82, 2.24) is 14.8 Å². The van der Waals surface area contributed by atoms with Crippen molar-refractivity contribution >= 4 is 17.0 Å². The van der Waals surface area contributed by atoms with Crippen LogP contribution in [0.3, 0.4) is 0 Å². The van der Waals surface area contributed by atoms with Crippen molar-refractivity contribution < 1.29 is 9.53 Å². The highest BCUT2D eigenvalue weighted by atomic mass is 16.5. The third-order valence-electron chi connectivity index (χ3n) is 3.34. The number of H-pyrrole nitrogens is 1. The minimum Gasteiger partial charge on any atom is -0.462 e. The van der Waals surface area contributed by atoms with Crippen LogP contribution in [0.15, 0.2) is 10.9 Å². The van der Waals surface area contributed by atoms with Crippen molar-refractivity contribution in [1.29, 1.82) is 0 Å². The molecule has 6 heteroatoms. The number of aryl methyl sites for hydroxylation is 1. The number of pyridine rings is 1. The SMILES string of the molecule is CCOC(=O)c1cc(=O)[nH]c2nn(C)c(C3CC3)c12. The van der Waals surface area contributed by atoms with Gasteiger partial charge in [0.25, 0.3) is 0 Å². The standard InChI is InChI=1S/C13H15N3O3/c1-3-19-13(18)8-6-9(17)14-12-10(8)11(7-4-5-7)16(2)15-12/h6-7H,3-5H2,1-2H3,(H,14,15,17). The summed E-state index contributed by atoms with van der Waals surface area (Å²) in [6, 6.07) is 1.30. The summed E-state index contributed by atoms with van der Waals surface area (Å²) in [7, 11) is 1.83. The number of nitrogens with one attached hydrogen (secondary N) is 1. The highest BCUT2D eigenvalue weighted by molar-refractivity contribution is 6.03. The van der Waals surface area contributed by atoms with E-state index in [0.717, 1.165) is 23.9 Å². The Kier molecular flexibility index (Phi) is 2.66. The van der Waals surface area contributed by atoms with Crippen LogP contribution in [0.4, 0.5) is 0 Å². The van der Waals surface area contributed by atoms with E-state index < -0.39 is 5.97 Å². The van der Waals surface area contributed by atoms with Gasteiger partial charge in [0.15, 0.2) is 5.65 Å². The molecule has 1 aliphatic rings. The van der Waals surface area contributed by atoms with Crippen LogP contribution in [-0.4, -0.2) is 27.3 Å². The van der Waals surface area contributed by atoms with Gasteiger partial charge >= 0.3 is 5.97 Å². The summed E-state index contributed by atoms with van der Waals surface area (Å²) >= 11 is 0. The molecule has 0 atom stereocenters. The topological polar surface area (TPSA) is 77.0 Å². The molecular weight excluding hydrogens is 246 g/mol. The molecule has 0 aliphatic heterocycles. The molecule has 100 valence electrons. The van der Waals surface area contributed by atoms with E-state index in [9.17, 15) is 9.59 Å². The maximum atomic E-state index is 12.0. The average molecular weight is 261 g/mol. The lowest BCUT2D eigenvalue weighted by atomic mass is 10.1. The highest BCUT2D eigenvalue weighted by Crippen LogP contribution is 2.43. The molecular formula is C13H15N3O3. The number of ether oxygens (including phenoxy) is 1. The Hall–Kier alpha value is -2.11. The number of hydrogen-bond acceptors (Lipinski definition) is 4. The van der Waals surface area contributed by atoms with Gasteiger partial charge in [-0.15, -0.1) is 0 Å². The van der Waals surface area contributed by atoms with Gasteiger partial charge in [0.05, 0.1) is 23.3 Å². The zero-order chi connectivity index (χ0) is 13.6. The fourth-order valence-corrected chi connectivity index (χ4v) is 2.44. The number of aromatic amines is 1. The van der Waals surface area contributed by atoms with E-state index in [-0.39, 0.29) is 12.2 Å². The molecule has 6 nitrogen and oxygen atoms in total. The Morgan fingerprint density at radius 3 is 2.95 bits per heavy atom. The van der Waals surface area contributed by atoms with E-state index in [1.807, 2.05) is 7.05 Å². The summed E-state index contributed by atoms with van der Waals surface area (Å²) in [5.41, 5.74) is 1.45. The molecule has 0 unspecified atom stereocenters. The average Bonchev–Trinajstić information content (AvgIpc) is 3.12. The van der Waals surface area contributed by atoms with Gasteiger partial charge in [-0.05, 0) is 19.8 Å². The van der Waals surface area contributed by atoms with Crippen molar-refractivity contribution in [3.05, 3.63) is 27.7 Å². The number of aromatic nitrogens is 3. The Morgan fingerprint density at radius 2 is 2.32 bits per heavy atom. The second-order valence-corrected chi connectivity index (χ2v) is 4.77. The number of hydrogen-bond donors (Lipinski definition) is 1. The molecule has 0 bridgehead atoms. The number of fused-ring (bicyclic) bond motifs is 1. The maximum absolute atomic E-state index is 12.0. The quantitative estimate of drug-likeness (QED) is 0.845. The first-order valence-corrected chi connectivity index (χ1v) is 6.39. The predicted molar refractivity (Wildman–Crippen MR) is 69.3 cm³/mol. The lowest BCUT2D eigenvalue weighted by Gasteiger charge is -2.05. The van der Waals surface area contributed by atoms with Crippen LogP contribution < -0.4 is 5.56 Å². The lowest BCUT2D eigenvalue weighted by Crippen LogP contribution is -2.13. The Balaban J connectivity index is 2.29. The molecule has 2 aromatic heterocycles. The molecule has 1 fully saturated rings. The Labute approximate surface area is 109 Å². The van der Waals surface area contributed by atoms with Gasteiger partial charge in [0.1, 0.15) is 0 Å². The minimum absolute atomic E-state index is 0.284. The van der Waals surface area contributed by atoms with E-state index in [1.165, 1.54) is 6.07 Å².